The van der Waals surface area contributed by atoms with Crippen molar-refractivity contribution in [2.45, 2.75) is 26.2 Å². The molecular weight excluding hydrogens is 430 g/mol. The van der Waals surface area contributed by atoms with E-state index < -0.39 is 5.97 Å². The Morgan fingerprint density at radius 2 is 1.88 bits per heavy atom. The van der Waals surface area contributed by atoms with Gasteiger partial charge >= 0.3 is 5.97 Å². The van der Waals surface area contributed by atoms with Crippen molar-refractivity contribution in [3.05, 3.63) is 89.7 Å². The molecule has 0 bridgehead atoms. The van der Waals surface area contributed by atoms with Gasteiger partial charge in [-0.2, -0.15) is 0 Å². The van der Waals surface area contributed by atoms with E-state index in [-0.39, 0.29) is 18.1 Å². The van der Waals surface area contributed by atoms with Crippen LogP contribution in [0, 0.1) is 0 Å². The number of carboxylic acids is 1. The lowest BCUT2D eigenvalue weighted by molar-refractivity contribution is -0.120. The van der Waals surface area contributed by atoms with Gasteiger partial charge in [-0.1, -0.05) is 32.0 Å². The second kappa shape index (κ2) is 10.3. The quantitative estimate of drug-likeness (QED) is 0.343. The fourth-order valence-corrected chi connectivity index (χ4v) is 3.81. The van der Waals surface area contributed by atoms with Crippen molar-refractivity contribution in [1.29, 1.82) is 0 Å². The number of aromatic carboxylic acids is 1. The fraction of sp³-hybridized carbons (Fsp3) is 0.222. The Balaban J connectivity index is 1.42. The molecule has 0 aliphatic carbocycles. The number of hydrogen-bond acceptors (Lipinski definition) is 4. The minimum Gasteiger partial charge on any atom is -0.478 e. The number of rotatable bonds is 9. The molecule has 34 heavy (non-hydrogen) atoms. The van der Waals surface area contributed by atoms with Crippen LogP contribution < -0.4 is 5.32 Å². The van der Waals surface area contributed by atoms with Gasteiger partial charge in [-0.15, -0.1) is 0 Å². The number of carboxylic acid groups (broad SMARTS) is 1. The average Bonchev–Trinajstić information content (AvgIpc) is 3.20. The molecule has 0 aliphatic rings. The minimum absolute atomic E-state index is 0.0643. The summed E-state index contributed by atoms with van der Waals surface area (Å²) in [6.07, 6.45) is 4.18. The molecule has 2 heterocycles. The predicted octanol–water partition coefficient (Wildman–Crippen LogP) is 5.04. The van der Waals surface area contributed by atoms with E-state index >= 15 is 0 Å². The molecule has 4 aromatic rings. The van der Waals surface area contributed by atoms with E-state index in [1.165, 1.54) is 5.56 Å². The van der Waals surface area contributed by atoms with E-state index in [1.807, 2.05) is 53.2 Å². The molecule has 2 aromatic heterocycles. The van der Waals surface area contributed by atoms with E-state index in [0.717, 1.165) is 28.0 Å². The third-order valence-corrected chi connectivity index (χ3v) is 5.64. The first-order valence-corrected chi connectivity index (χ1v) is 11.2. The highest BCUT2D eigenvalue weighted by Crippen LogP contribution is 2.26. The van der Waals surface area contributed by atoms with E-state index in [1.54, 1.807) is 24.4 Å². The highest BCUT2D eigenvalue weighted by molar-refractivity contribution is 5.95. The fourth-order valence-electron chi connectivity index (χ4n) is 3.81. The maximum Gasteiger partial charge on any atom is 0.335 e. The van der Waals surface area contributed by atoms with Crippen molar-refractivity contribution in [3.63, 3.8) is 0 Å². The first-order chi connectivity index (χ1) is 16.4. The van der Waals surface area contributed by atoms with Gasteiger partial charge in [-0.3, -0.25) is 4.79 Å². The number of nitrogens with one attached hydrogen (secondary N) is 1. The van der Waals surface area contributed by atoms with Crippen molar-refractivity contribution in [3.8, 4) is 5.82 Å². The number of fused-ring (bicyclic) bond motifs is 1. The Morgan fingerprint density at radius 3 is 2.56 bits per heavy atom. The van der Waals surface area contributed by atoms with E-state index in [0.29, 0.717) is 18.9 Å². The SMILES string of the molecule is CC(C)c1ccc(NC(=O)COCCc2cn(-c3ccccn3)c3ccc(C(=O)O)cc23)cc1. The van der Waals surface area contributed by atoms with Gasteiger partial charge in [-0.25, -0.2) is 9.78 Å². The number of amides is 1. The number of pyridine rings is 1. The molecule has 4 rings (SSSR count). The van der Waals surface area contributed by atoms with Crippen LogP contribution in [0.2, 0.25) is 0 Å². The topological polar surface area (TPSA) is 93.5 Å². The molecule has 0 fully saturated rings. The van der Waals surface area contributed by atoms with Crippen LogP contribution in [0.5, 0.6) is 0 Å². The summed E-state index contributed by atoms with van der Waals surface area (Å²) in [5.74, 6) is -0.0250. The third-order valence-electron chi connectivity index (χ3n) is 5.64. The number of hydrogen-bond donors (Lipinski definition) is 2. The Kier molecular flexibility index (Phi) is 7.04. The van der Waals surface area contributed by atoms with Crippen LogP contribution in [0.3, 0.4) is 0 Å². The van der Waals surface area contributed by atoms with E-state index in [9.17, 15) is 14.7 Å². The number of ether oxygens (including phenoxy) is 1. The van der Waals surface area contributed by atoms with Crippen LogP contribution in [0.25, 0.3) is 16.7 Å². The molecule has 0 spiro atoms. The zero-order chi connectivity index (χ0) is 24.1. The molecule has 0 saturated heterocycles. The summed E-state index contributed by atoms with van der Waals surface area (Å²) in [5, 5.41) is 13.1. The summed E-state index contributed by atoms with van der Waals surface area (Å²) in [7, 11) is 0. The Hall–Kier alpha value is -3.97. The predicted molar refractivity (Wildman–Crippen MR) is 132 cm³/mol. The first-order valence-electron chi connectivity index (χ1n) is 11.2. The molecule has 1 amide bonds. The van der Waals surface area contributed by atoms with Gasteiger partial charge < -0.3 is 19.7 Å². The number of benzene rings is 2. The summed E-state index contributed by atoms with van der Waals surface area (Å²) in [6.45, 7) is 4.50. The van der Waals surface area contributed by atoms with Crippen LogP contribution in [0.1, 0.15) is 41.3 Å². The number of anilines is 1. The Labute approximate surface area is 198 Å². The van der Waals surface area contributed by atoms with Crippen LogP contribution in [0.15, 0.2) is 73.1 Å². The maximum atomic E-state index is 12.2. The molecule has 0 saturated carbocycles. The molecule has 2 aromatic carbocycles. The Morgan fingerprint density at radius 1 is 1.09 bits per heavy atom. The first kappa shape index (κ1) is 23.2. The van der Waals surface area contributed by atoms with E-state index in [2.05, 4.69) is 24.1 Å². The standard InChI is InChI=1S/C27H27N3O4/c1-18(2)19-6-9-22(10-7-19)29-26(31)17-34-14-12-21-16-30(25-5-3-4-13-28-25)24-11-8-20(27(32)33)15-23(21)24/h3-11,13,15-16,18H,12,14,17H2,1-2H3,(H,29,31)(H,32,33). The minimum atomic E-state index is -0.979. The van der Waals surface area contributed by atoms with Gasteiger partial charge in [0.15, 0.2) is 0 Å². The van der Waals surface area contributed by atoms with E-state index in [4.69, 9.17) is 4.74 Å². The largest absolute Gasteiger partial charge is 0.478 e. The van der Waals surface area contributed by atoms with Crippen LogP contribution in [-0.2, 0) is 16.0 Å². The molecule has 0 unspecified atom stereocenters. The summed E-state index contributed by atoms with van der Waals surface area (Å²) < 4.78 is 7.56. The van der Waals surface area contributed by atoms with Crippen molar-refractivity contribution in [2.75, 3.05) is 18.5 Å². The molecule has 7 nitrogen and oxygen atoms in total. The normalized spacial score (nSPS) is 11.1. The zero-order valence-corrected chi connectivity index (χ0v) is 19.2. The summed E-state index contributed by atoms with van der Waals surface area (Å²) >= 11 is 0. The molecule has 2 N–H and O–H groups in total. The van der Waals surface area contributed by atoms with Crippen LogP contribution in [0.4, 0.5) is 5.69 Å². The lowest BCUT2D eigenvalue weighted by Gasteiger charge is -2.09. The lowest BCUT2D eigenvalue weighted by atomic mass is 10.0. The van der Waals surface area contributed by atoms with Gasteiger partial charge in [0, 0.05) is 23.5 Å². The maximum absolute atomic E-state index is 12.2. The molecule has 7 heteroatoms. The molecule has 0 aliphatic heterocycles. The van der Waals surface area contributed by atoms with Crippen molar-refractivity contribution < 1.29 is 19.4 Å². The van der Waals surface area contributed by atoms with Gasteiger partial charge in [0.25, 0.3) is 0 Å². The van der Waals surface area contributed by atoms with Gasteiger partial charge in [0.2, 0.25) is 5.91 Å². The number of carbonyl (C=O) groups excluding carboxylic acids is 1. The van der Waals surface area contributed by atoms with Gasteiger partial charge in [0.05, 0.1) is 17.7 Å². The average molecular weight is 458 g/mol. The summed E-state index contributed by atoms with van der Waals surface area (Å²) in [6, 6.07) is 18.5. The molecule has 0 radical (unpaired) electrons. The summed E-state index contributed by atoms with van der Waals surface area (Å²) in [5.41, 5.74) is 3.95. The Bertz CT molecular complexity index is 1290. The molecular formula is C27H27N3O4. The monoisotopic (exact) mass is 457 g/mol. The number of nitrogens with zero attached hydrogens (tertiary/aromatic N) is 2. The van der Waals surface area contributed by atoms with Gasteiger partial charge in [0.1, 0.15) is 12.4 Å². The molecule has 174 valence electrons. The summed E-state index contributed by atoms with van der Waals surface area (Å²) in [4.78, 5) is 28.1. The van der Waals surface area contributed by atoms with Crippen molar-refractivity contribution >= 4 is 28.5 Å². The number of aromatic nitrogens is 2. The second-order valence-corrected chi connectivity index (χ2v) is 8.38. The number of carbonyl (C=O) groups is 2. The van der Waals surface area contributed by atoms with Gasteiger partial charge in [-0.05, 0) is 65.9 Å². The van der Waals surface area contributed by atoms with Crippen LogP contribution >= 0.6 is 0 Å². The van der Waals surface area contributed by atoms with Crippen LogP contribution in [-0.4, -0.2) is 39.7 Å². The lowest BCUT2D eigenvalue weighted by Crippen LogP contribution is -2.19. The van der Waals surface area contributed by atoms with Crippen molar-refractivity contribution in [1.82, 2.24) is 9.55 Å². The third kappa shape index (κ3) is 5.32. The molecule has 0 atom stereocenters. The second-order valence-electron chi connectivity index (χ2n) is 8.38. The highest BCUT2D eigenvalue weighted by Gasteiger charge is 2.14. The van der Waals surface area contributed by atoms with Crippen molar-refractivity contribution in [2.24, 2.45) is 0 Å². The highest BCUT2D eigenvalue weighted by atomic mass is 16.5. The zero-order valence-electron chi connectivity index (χ0n) is 19.2. The smallest absolute Gasteiger partial charge is 0.335 e.